The van der Waals surface area contributed by atoms with E-state index in [1.807, 2.05) is 6.26 Å². The second kappa shape index (κ2) is 6.25. The highest BCUT2D eigenvalue weighted by atomic mass is 32.2. The van der Waals surface area contributed by atoms with E-state index >= 15 is 0 Å². The van der Waals surface area contributed by atoms with Crippen LogP contribution in [-0.4, -0.2) is 29.4 Å². The van der Waals surface area contributed by atoms with Gasteiger partial charge in [0.2, 0.25) is 5.91 Å². The van der Waals surface area contributed by atoms with Crippen LogP contribution in [0.5, 0.6) is 0 Å². The Morgan fingerprint density at radius 1 is 1.75 bits per heavy atom. The van der Waals surface area contributed by atoms with Crippen molar-refractivity contribution in [3.63, 3.8) is 0 Å². The minimum Gasteiger partial charge on any atom is -0.393 e. The number of hydrogen-bond acceptors (Lipinski definition) is 3. The first-order valence-electron chi connectivity index (χ1n) is 3.65. The smallest absolute Gasteiger partial charge is 0.229 e. The first-order chi connectivity index (χ1) is 5.59. The van der Waals surface area contributed by atoms with E-state index in [2.05, 4.69) is 17.5 Å². The van der Waals surface area contributed by atoms with E-state index in [1.54, 1.807) is 18.7 Å². The van der Waals surface area contributed by atoms with Gasteiger partial charge in [0, 0.05) is 12.3 Å². The molecule has 70 valence electrons. The largest absolute Gasteiger partial charge is 0.393 e. The number of hydrogen-bond donors (Lipinski definition) is 2. The third-order valence-electron chi connectivity index (χ3n) is 1.43. The molecule has 3 N–H and O–H groups in total. The molecule has 1 unspecified atom stereocenters. The summed E-state index contributed by atoms with van der Waals surface area (Å²) in [5, 5.41) is 2.74. The molecule has 3 nitrogen and oxygen atoms in total. The predicted octanol–water partition coefficient (Wildman–Crippen LogP) is 0.388. The predicted molar refractivity (Wildman–Crippen MR) is 57.3 cm³/mol. The van der Waals surface area contributed by atoms with Crippen molar-refractivity contribution in [2.45, 2.75) is 6.92 Å². The Labute approximate surface area is 82.5 Å². The second-order valence-electron chi connectivity index (χ2n) is 2.41. The number of nitrogens with two attached hydrogens (primary N) is 1. The van der Waals surface area contributed by atoms with E-state index in [1.165, 1.54) is 0 Å². The molecule has 0 fully saturated rings. The Bertz CT molecular complexity index is 173. The average molecular weight is 206 g/mol. The lowest BCUT2D eigenvalue weighted by Gasteiger charge is -2.09. The van der Waals surface area contributed by atoms with Crippen LogP contribution in [0.1, 0.15) is 6.92 Å². The third-order valence-corrected chi connectivity index (χ3v) is 2.39. The zero-order chi connectivity index (χ0) is 9.56. The van der Waals surface area contributed by atoms with Crippen LogP contribution in [0.4, 0.5) is 0 Å². The number of thioether (sulfide) groups is 1. The van der Waals surface area contributed by atoms with Crippen LogP contribution in [0.25, 0.3) is 0 Å². The summed E-state index contributed by atoms with van der Waals surface area (Å²) in [5.74, 6) is 0.467. The van der Waals surface area contributed by atoms with Gasteiger partial charge in [0.05, 0.1) is 10.9 Å². The fraction of sp³-hybridized carbons (Fsp3) is 0.714. The van der Waals surface area contributed by atoms with Crippen LogP contribution in [0.15, 0.2) is 0 Å². The third kappa shape index (κ3) is 4.56. The van der Waals surface area contributed by atoms with Gasteiger partial charge in [0.25, 0.3) is 0 Å². The second-order valence-corrected chi connectivity index (χ2v) is 3.86. The van der Waals surface area contributed by atoms with Crippen molar-refractivity contribution in [3.8, 4) is 0 Å². The maximum atomic E-state index is 11.2. The molecule has 1 atom stereocenters. The van der Waals surface area contributed by atoms with Gasteiger partial charge in [-0.1, -0.05) is 12.2 Å². The topological polar surface area (TPSA) is 55.1 Å². The molecule has 0 spiro atoms. The number of amides is 1. The van der Waals surface area contributed by atoms with Crippen LogP contribution < -0.4 is 11.1 Å². The fourth-order valence-electron chi connectivity index (χ4n) is 0.559. The van der Waals surface area contributed by atoms with Gasteiger partial charge in [-0.25, -0.2) is 0 Å². The summed E-state index contributed by atoms with van der Waals surface area (Å²) in [6.07, 6.45) is 1.99. The molecule has 1 amide bonds. The van der Waals surface area contributed by atoms with E-state index in [4.69, 9.17) is 5.73 Å². The maximum Gasteiger partial charge on any atom is 0.229 e. The highest BCUT2D eigenvalue weighted by Gasteiger charge is 2.13. The van der Waals surface area contributed by atoms with E-state index in [9.17, 15) is 4.79 Å². The molecular weight excluding hydrogens is 192 g/mol. The first-order valence-corrected chi connectivity index (χ1v) is 5.45. The van der Waals surface area contributed by atoms with Crippen molar-refractivity contribution in [1.29, 1.82) is 0 Å². The van der Waals surface area contributed by atoms with Crippen molar-refractivity contribution in [2.24, 2.45) is 11.7 Å². The molecular formula is C7H14N2OS2. The van der Waals surface area contributed by atoms with Gasteiger partial charge in [-0.2, -0.15) is 11.8 Å². The lowest BCUT2D eigenvalue weighted by molar-refractivity contribution is -0.122. The summed E-state index contributed by atoms with van der Waals surface area (Å²) < 4.78 is 0. The van der Waals surface area contributed by atoms with Crippen LogP contribution >= 0.6 is 24.0 Å². The quantitative estimate of drug-likeness (QED) is 0.504. The Morgan fingerprint density at radius 2 is 2.33 bits per heavy atom. The summed E-state index contributed by atoms with van der Waals surface area (Å²) in [6, 6.07) is 0. The molecule has 0 aromatic carbocycles. The Kier molecular flexibility index (Phi) is 6.10. The van der Waals surface area contributed by atoms with Gasteiger partial charge >= 0.3 is 0 Å². The zero-order valence-electron chi connectivity index (χ0n) is 7.29. The van der Waals surface area contributed by atoms with E-state index < -0.39 is 0 Å². The van der Waals surface area contributed by atoms with Crippen molar-refractivity contribution in [3.05, 3.63) is 0 Å². The van der Waals surface area contributed by atoms with Crippen molar-refractivity contribution < 1.29 is 4.79 Å². The van der Waals surface area contributed by atoms with Gasteiger partial charge in [0.15, 0.2) is 0 Å². The minimum absolute atomic E-state index is 0.0865. The Morgan fingerprint density at radius 3 is 2.75 bits per heavy atom. The maximum absolute atomic E-state index is 11.2. The average Bonchev–Trinajstić information content (AvgIpc) is 2.03. The zero-order valence-corrected chi connectivity index (χ0v) is 8.93. The number of rotatable bonds is 5. The molecule has 0 aliphatic heterocycles. The number of carbonyl (C=O) groups excluding carboxylic acids is 1. The highest BCUT2D eigenvalue weighted by Crippen LogP contribution is 1.95. The number of carbonyl (C=O) groups is 1. The van der Waals surface area contributed by atoms with Crippen LogP contribution in [-0.2, 0) is 4.79 Å². The van der Waals surface area contributed by atoms with Gasteiger partial charge in [0.1, 0.15) is 0 Å². The lowest BCUT2D eigenvalue weighted by atomic mass is 10.2. The van der Waals surface area contributed by atoms with Gasteiger partial charge in [-0.15, -0.1) is 0 Å². The molecule has 0 saturated carbocycles. The normalized spacial score (nSPS) is 12.2. The molecule has 0 aromatic heterocycles. The molecule has 0 radical (unpaired) electrons. The minimum atomic E-state index is -0.359. The molecule has 0 bridgehead atoms. The van der Waals surface area contributed by atoms with E-state index in [-0.39, 0.29) is 16.8 Å². The molecule has 0 heterocycles. The van der Waals surface area contributed by atoms with Crippen molar-refractivity contribution >= 4 is 34.9 Å². The van der Waals surface area contributed by atoms with Crippen LogP contribution in [0.3, 0.4) is 0 Å². The van der Waals surface area contributed by atoms with Crippen LogP contribution in [0, 0.1) is 5.92 Å². The summed E-state index contributed by atoms with van der Waals surface area (Å²) in [5.41, 5.74) is 5.31. The highest BCUT2D eigenvalue weighted by molar-refractivity contribution is 7.98. The molecule has 0 aliphatic rings. The summed E-state index contributed by atoms with van der Waals surface area (Å²) in [6.45, 7) is 2.38. The monoisotopic (exact) mass is 206 g/mol. The number of nitrogens with one attached hydrogen (secondary N) is 1. The van der Waals surface area contributed by atoms with Crippen LogP contribution in [0.2, 0.25) is 0 Å². The molecule has 0 aromatic rings. The SMILES string of the molecule is CSCCNC(=O)C(C)C(N)=S. The lowest BCUT2D eigenvalue weighted by Crippen LogP contribution is -2.37. The molecule has 0 saturated heterocycles. The standard InChI is InChI=1S/C7H14N2OS2/c1-5(6(8)11)7(10)9-3-4-12-2/h5H,3-4H2,1-2H3,(H2,8,11)(H,9,10). The van der Waals surface area contributed by atoms with Gasteiger partial charge < -0.3 is 11.1 Å². The number of thiocarbonyl (C=S) groups is 1. The van der Waals surface area contributed by atoms with Gasteiger partial charge in [-0.05, 0) is 13.2 Å². The summed E-state index contributed by atoms with van der Waals surface area (Å²) in [4.78, 5) is 11.4. The molecule has 5 heteroatoms. The molecule has 0 aliphatic carbocycles. The Hall–Kier alpha value is -0.290. The molecule has 0 rings (SSSR count). The van der Waals surface area contributed by atoms with E-state index in [0.29, 0.717) is 6.54 Å². The summed E-state index contributed by atoms with van der Waals surface area (Å²) >= 11 is 6.37. The summed E-state index contributed by atoms with van der Waals surface area (Å²) in [7, 11) is 0. The Balaban J connectivity index is 3.65. The van der Waals surface area contributed by atoms with E-state index in [0.717, 1.165) is 5.75 Å². The van der Waals surface area contributed by atoms with Crippen molar-refractivity contribution in [2.75, 3.05) is 18.6 Å². The fourth-order valence-corrected chi connectivity index (χ4v) is 0.972. The van der Waals surface area contributed by atoms with Crippen molar-refractivity contribution in [1.82, 2.24) is 5.32 Å². The van der Waals surface area contributed by atoms with Gasteiger partial charge in [-0.3, -0.25) is 4.79 Å². The molecule has 12 heavy (non-hydrogen) atoms. The first kappa shape index (κ1) is 11.7.